The Morgan fingerprint density at radius 3 is 0.909 bits per heavy atom. The lowest BCUT2D eigenvalue weighted by Crippen LogP contribution is -2.15. The number of hydrogen-bond acceptors (Lipinski definition) is 8. The van der Waals surface area contributed by atoms with Crippen molar-refractivity contribution in [2.24, 2.45) is 0 Å². The zero-order chi connectivity index (χ0) is 33.0. The minimum absolute atomic E-state index is 0.00508. The molecule has 0 saturated carbocycles. The van der Waals surface area contributed by atoms with Crippen molar-refractivity contribution in [1.82, 2.24) is 0 Å². The lowest BCUT2D eigenvalue weighted by atomic mass is 9.98. The summed E-state index contributed by atoms with van der Waals surface area (Å²) in [4.78, 5) is 48.4. The van der Waals surface area contributed by atoms with Crippen LogP contribution in [0.2, 0.25) is 0 Å². The van der Waals surface area contributed by atoms with E-state index in [0.29, 0.717) is 89.9 Å². The molecule has 0 fully saturated rings. The summed E-state index contributed by atoms with van der Waals surface area (Å²) >= 11 is 0. The number of carbonyl (C=O) groups is 4. The number of Topliss-reactive ketones (excluding diaryl/α,β-unsaturated/α-hetero) is 4. The fourth-order valence-corrected chi connectivity index (χ4v) is 5.53. The second-order valence-electron chi connectivity index (χ2n) is 13.0. The average Bonchev–Trinajstić information content (AvgIpc) is 2.95. The molecule has 0 aromatic rings. The zero-order valence-corrected chi connectivity index (χ0v) is 28.1. The van der Waals surface area contributed by atoms with Gasteiger partial charge in [-0.15, -0.1) is 0 Å². The molecule has 0 saturated heterocycles. The molecule has 0 aliphatic heterocycles. The quantitative estimate of drug-likeness (QED) is 0.0576. The molecule has 0 amide bonds. The van der Waals surface area contributed by atoms with Gasteiger partial charge in [0.1, 0.15) is 23.1 Å². The number of carbonyl (C=O) groups excluding carboxylic acids is 4. The van der Waals surface area contributed by atoms with Gasteiger partial charge in [0.2, 0.25) is 0 Å². The summed E-state index contributed by atoms with van der Waals surface area (Å²) in [5.74, 6) is 0.119. The first kappa shape index (κ1) is 42.5. The summed E-state index contributed by atoms with van der Waals surface area (Å²) in [6, 6.07) is 0. The molecule has 8 heteroatoms. The Hall–Kier alpha value is -1.48. The first-order chi connectivity index (χ1) is 21.1. The molecular weight excluding hydrogens is 560 g/mol. The average molecular weight is 627 g/mol. The summed E-state index contributed by atoms with van der Waals surface area (Å²) < 4.78 is 0. The SMILES string of the molecule is CCCCCCC(O)CC(=O)CCCCC(O)CC(=O)CCCCCC(=O)CC(O)CCCCC(=O)CC(O)CCCCC. The molecule has 44 heavy (non-hydrogen) atoms. The van der Waals surface area contributed by atoms with Gasteiger partial charge in [0.15, 0.2) is 0 Å². The molecule has 0 aromatic carbocycles. The van der Waals surface area contributed by atoms with Crippen LogP contribution in [0.15, 0.2) is 0 Å². The number of ketones is 4. The van der Waals surface area contributed by atoms with Gasteiger partial charge in [-0.2, -0.15) is 0 Å². The Labute approximate surface area is 267 Å². The first-order valence-electron chi connectivity index (χ1n) is 17.9. The monoisotopic (exact) mass is 626 g/mol. The summed E-state index contributed by atoms with van der Waals surface area (Å²) in [5.41, 5.74) is 0. The molecule has 8 nitrogen and oxygen atoms in total. The smallest absolute Gasteiger partial charge is 0.135 e. The van der Waals surface area contributed by atoms with Crippen LogP contribution in [0.5, 0.6) is 0 Å². The molecule has 0 bridgehead atoms. The predicted octanol–water partition coefficient (Wildman–Crippen LogP) is 6.89. The largest absolute Gasteiger partial charge is 0.393 e. The van der Waals surface area contributed by atoms with Gasteiger partial charge in [-0.3, -0.25) is 19.2 Å². The maximum absolute atomic E-state index is 12.2. The van der Waals surface area contributed by atoms with Crippen LogP contribution in [0.4, 0.5) is 0 Å². The molecule has 4 atom stereocenters. The van der Waals surface area contributed by atoms with Crippen LogP contribution >= 0.6 is 0 Å². The molecule has 0 radical (unpaired) electrons. The number of aliphatic hydroxyl groups is 4. The predicted molar refractivity (Wildman–Crippen MR) is 175 cm³/mol. The van der Waals surface area contributed by atoms with Crippen LogP contribution < -0.4 is 0 Å². The van der Waals surface area contributed by atoms with Crippen molar-refractivity contribution in [2.75, 3.05) is 0 Å². The third kappa shape index (κ3) is 28.0. The second kappa shape index (κ2) is 29.0. The molecule has 0 spiro atoms. The van der Waals surface area contributed by atoms with Gasteiger partial charge >= 0.3 is 0 Å². The van der Waals surface area contributed by atoms with Crippen LogP contribution in [0, 0.1) is 0 Å². The van der Waals surface area contributed by atoms with Crippen molar-refractivity contribution >= 4 is 23.1 Å². The highest BCUT2D eigenvalue weighted by Gasteiger charge is 2.15. The van der Waals surface area contributed by atoms with Crippen molar-refractivity contribution < 1.29 is 39.6 Å². The maximum atomic E-state index is 12.2. The van der Waals surface area contributed by atoms with Crippen molar-refractivity contribution in [3.63, 3.8) is 0 Å². The lowest BCUT2D eigenvalue weighted by molar-refractivity contribution is -0.122. The van der Waals surface area contributed by atoms with Crippen LogP contribution in [-0.2, 0) is 19.2 Å². The Bertz CT molecular complexity index is 752. The minimum Gasteiger partial charge on any atom is -0.393 e. The van der Waals surface area contributed by atoms with Crippen molar-refractivity contribution in [3.05, 3.63) is 0 Å². The standard InChI is InChI=1S/C36H66O8/c1-3-5-7-10-18-30(38)26-34(42)22-15-16-24-36(44)28-32(40)20-12-8-11-19-31(39)27-35(43)23-14-13-21-33(41)25-29(37)17-9-6-4-2/h29-30,35-38,43-44H,3-28H2,1-2H3. The van der Waals surface area contributed by atoms with E-state index in [9.17, 15) is 39.6 Å². The zero-order valence-electron chi connectivity index (χ0n) is 28.1. The normalized spacial score (nSPS) is 14.2. The first-order valence-corrected chi connectivity index (χ1v) is 17.9. The number of unbranched alkanes of at least 4 members (excludes halogenated alkanes) is 9. The third-order valence-electron chi connectivity index (χ3n) is 8.28. The van der Waals surface area contributed by atoms with E-state index in [4.69, 9.17) is 0 Å². The van der Waals surface area contributed by atoms with Gasteiger partial charge in [0.25, 0.3) is 0 Å². The summed E-state index contributed by atoms with van der Waals surface area (Å²) in [6.45, 7) is 4.24. The molecule has 4 N–H and O–H groups in total. The van der Waals surface area contributed by atoms with Crippen LogP contribution in [-0.4, -0.2) is 68.0 Å². The fourth-order valence-electron chi connectivity index (χ4n) is 5.53. The number of hydrogen-bond donors (Lipinski definition) is 4. The fraction of sp³-hybridized carbons (Fsp3) is 0.889. The van der Waals surface area contributed by atoms with Gasteiger partial charge in [0.05, 0.1) is 24.4 Å². The Morgan fingerprint density at radius 1 is 0.364 bits per heavy atom. The molecule has 0 aliphatic carbocycles. The van der Waals surface area contributed by atoms with E-state index in [0.717, 1.165) is 51.4 Å². The molecule has 0 aliphatic rings. The van der Waals surface area contributed by atoms with E-state index in [-0.39, 0.29) is 48.8 Å². The molecule has 258 valence electrons. The van der Waals surface area contributed by atoms with Crippen LogP contribution in [0.1, 0.15) is 181 Å². The van der Waals surface area contributed by atoms with Gasteiger partial charge < -0.3 is 20.4 Å². The topological polar surface area (TPSA) is 149 Å². The van der Waals surface area contributed by atoms with Crippen LogP contribution in [0.25, 0.3) is 0 Å². The van der Waals surface area contributed by atoms with Gasteiger partial charge in [-0.1, -0.05) is 78.1 Å². The minimum atomic E-state index is -0.704. The molecule has 0 rings (SSSR count). The number of rotatable bonds is 33. The van der Waals surface area contributed by atoms with E-state index in [1.165, 1.54) is 0 Å². The molecule has 0 heterocycles. The third-order valence-corrected chi connectivity index (χ3v) is 8.28. The Kier molecular flexibility index (Phi) is 28.0. The Balaban J connectivity index is 3.76. The lowest BCUT2D eigenvalue weighted by Gasteiger charge is -2.11. The highest BCUT2D eigenvalue weighted by atomic mass is 16.3. The summed E-state index contributed by atoms with van der Waals surface area (Å²) in [7, 11) is 0. The van der Waals surface area contributed by atoms with E-state index in [1.807, 2.05) is 0 Å². The van der Waals surface area contributed by atoms with Gasteiger partial charge in [-0.25, -0.2) is 0 Å². The number of aliphatic hydroxyl groups excluding tert-OH is 4. The van der Waals surface area contributed by atoms with Crippen molar-refractivity contribution in [2.45, 2.75) is 205 Å². The van der Waals surface area contributed by atoms with E-state index in [2.05, 4.69) is 13.8 Å². The second-order valence-corrected chi connectivity index (χ2v) is 13.0. The van der Waals surface area contributed by atoms with Crippen LogP contribution in [0.3, 0.4) is 0 Å². The van der Waals surface area contributed by atoms with E-state index in [1.54, 1.807) is 0 Å². The summed E-state index contributed by atoms with van der Waals surface area (Å²) in [6.07, 6.45) is 14.1. The highest BCUT2D eigenvalue weighted by Crippen LogP contribution is 2.15. The molecular formula is C36H66O8. The van der Waals surface area contributed by atoms with Gasteiger partial charge in [0, 0.05) is 51.4 Å². The van der Waals surface area contributed by atoms with E-state index < -0.39 is 24.4 Å². The van der Waals surface area contributed by atoms with Gasteiger partial charge in [-0.05, 0) is 51.4 Å². The maximum Gasteiger partial charge on any atom is 0.135 e. The van der Waals surface area contributed by atoms with E-state index >= 15 is 0 Å². The van der Waals surface area contributed by atoms with Crippen molar-refractivity contribution in [1.29, 1.82) is 0 Å². The summed E-state index contributed by atoms with van der Waals surface area (Å²) in [5, 5.41) is 40.2. The molecule has 4 unspecified atom stereocenters. The Morgan fingerprint density at radius 2 is 0.591 bits per heavy atom. The highest BCUT2D eigenvalue weighted by molar-refractivity contribution is 5.80. The van der Waals surface area contributed by atoms with Crippen molar-refractivity contribution in [3.8, 4) is 0 Å². The molecule has 0 aromatic heterocycles.